The second-order valence-corrected chi connectivity index (χ2v) is 4.92. The van der Waals surface area contributed by atoms with Crippen molar-refractivity contribution < 1.29 is 10.0 Å². The van der Waals surface area contributed by atoms with Crippen molar-refractivity contribution in [2.24, 2.45) is 0 Å². The Kier molecular flexibility index (Phi) is 4.24. The Hall–Kier alpha value is -1.51. The number of aromatic nitrogens is 3. The van der Waals surface area contributed by atoms with Gasteiger partial charge in [-0.3, -0.25) is 10.0 Å². The second kappa shape index (κ2) is 5.89. The summed E-state index contributed by atoms with van der Waals surface area (Å²) in [6, 6.07) is 5.08. The number of hydrogen-bond acceptors (Lipinski definition) is 6. The molecular weight excluding hydrogens is 320 g/mol. The van der Waals surface area contributed by atoms with Gasteiger partial charge in [-0.15, -0.1) is 5.10 Å². The second-order valence-electron chi connectivity index (χ2n) is 3.08. The van der Waals surface area contributed by atoms with Gasteiger partial charge in [0, 0.05) is 6.20 Å². The molecule has 0 aliphatic rings. The van der Waals surface area contributed by atoms with Crippen molar-refractivity contribution in [3.05, 3.63) is 40.6 Å². The van der Waals surface area contributed by atoms with Crippen LogP contribution < -0.4 is 5.48 Å². The average molecular weight is 327 g/mol. The maximum Gasteiger partial charge on any atom is 0.277 e. The molecule has 0 bridgehead atoms. The summed E-state index contributed by atoms with van der Waals surface area (Å²) in [7, 11) is 0. The van der Waals surface area contributed by atoms with Crippen LogP contribution in [-0.4, -0.2) is 26.3 Å². The Morgan fingerprint density at radius 2 is 2.17 bits per heavy atom. The highest BCUT2D eigenvalue weighted by Gasteiger charge is 2.15. The number of hydroxylamine groups is 1. The lowest BCUT2D eigenvalue weighted by Gasteiger charge is -2.05. The van der Waals surface area contributed by atoms with Crippen molar-refractivity contribution in [3.8, 4) is 0 Å². The Labute approximate surface area is 115 Å². The fraction of sp³-hybridized carbons (Fsp3) is 0. The van der Waals surface area contributed by atoms with Crippen LogP contribution in [0.15, 0.2) is 45.1 Å². The Bertz CT molecular complexity index is 581. The molecule has 0 unspecified atom stereocenters. The van der Waals surface area contributed by atoms with E-state index >= 15 is 0 Å². The highest BCUT2D eigenvalue weighted by Crippen LogP contribution is 2.31. The number of pyridine rings is 1. The third-order valence-corrected chi connectivity index (χ3v) is 3.87. The SMILES string of the molecule is O=C(NO)c1ccnnc1Sc1ncccc1Br. The Balaban J connectivity index is 2.35. The summed E-state index contributed by atoms with van der Waals surface area (Å²) in [5.74, 6) is -0.639. The molecule has 1 amide bonds. The van der Waals surface area contributed by atoms with Crippen LogP contribution >= 0.6 is 27.7 Å². The predicted octanol–water partition coefficient (Wildman–Crippen LogP) is 1.90. The zero-order valence-electron chi connectivity index (χ0n) is 8.87. The molecule has 0 fully saturated rings. The molecule has 92 valence electrons. The number of rotatable bonds is 3. The van der Waals surface area contributed by atoms with Gasteiger partial charge in [0.25, 0.3) is 5.91 Å². The summed E-state index contributed by atoms with van der Waals surface area (Å²) in [6.45, 7) is 0. The fourth-order valence-electron chi connectivity index (χ4n) is 1.17. The molecule has 2 aromatic heterocycles. The molecular formula is C10H7BrN4O2S. The molecule has 0 saturated heterocycles. The largest absolute Gasteiger partial charge is 0.288 e. The van der Waals surface area contributed by atoms with Crippen LogP contribution in [0, 0.1) is 0 Å². The minimum Gasteiger partial charge on any atom is -0.288 e. The first-order valence-corrected chi connectivity index (χ1v) is 6.38. The van der Waals surface area contributed by atoms with Crippen LogP contribution in [0.4, 0.5) is 0 Å². The molecule has 0 saturated carbocycles. The lowest BCUT2D eigenvalue weighted by molar-refractivity contribution is 0.0702. The van der Waals surface area contributed by atoms with E-state index < -0.39 is 5.91 Å². The zero-order valence-corrected chi connectivity index (χ0v) is 11.3. The highest BCUT2D eigenvalue weighted by atomic mass is 79.9. The number of nitrogens with one attached hydrogen (secondary N) is 1. The summed E-state index contributed by atoms with van der Waals surface area (Å²) in [4.78, 5) is 15.6. The molecule has 0 aliphatic carbocycles. The molecule has 0 atom stereocenters. The van der Waals surface area contributed by atoms with Gasteiger partial charge in [-0.2, -0.15) is 5.10 Å². The van der Waals surface area contributed by atoms with Crippen LogP contribution in [0.25, 0.3) is 0 Å². The molecule has 2 rings (SSSR count). The van der Waals surface area contributed by atoms with E-state index in [0.717, 1.165) is 4.47 Å². The maximum atomic E-state index is 11.4. The maximum absolute atomic E-state index is 11.4. The van der Waals surface area contributed by atoms with E-state index in [2.05, 4.69) is 31.1 Å². The van der Waals surface area contributed by atoms with Crippen molar-refractivity contribution in [3.63, 3.8) is 0 Å². The lowest BCUT2D eigenvalue weighted by atomic mass is 10.3. The van der Waals surface area contributed by atoms with Crippen LogP contribution in [0.3, 0.4) is 0 Å². The van der Waals surface area contributed by atoms with E-state index in [1.165, 1.54) is 24.0 Å². The lowest BCUT2D eigenvalue weighted by Crippen LogP contribution is -2.20. The van der Waals surface area contributed by atoms with Gasteiger partial charge in [-0.05, 0) is 45.9 Å². The van der Waals surface area contributed by atoms with Crippen molar-refractivity contribution >= 4 is 33.6 Å². The van der Waals surface area contributed by atoms with E-state index in [1.54, 1.807) is 17.7 Å². The van der Waals surface area contributed by atoms with Crippen molar-refractivity contribution in [1.29, 1.82) is 0 Å². The third kappa shape index (κ3) is 2.84. The van der Waals surface area contributed by atoms with E-state index in [4.69, 9.17) is 5.21 Å². The molecule has 0 aromatic carbocycles. The van der Waals surface area contributed by atoms with Gasteiger partial charge in [-0.1, -0.05) is 0 Å². The number of nitrogens with zero attached hydrogens (tertiary/aromatic N) is 3. The number of amides is 1. The van der Waals surface area contributed by atoms with Gasteiger partial charge in [0.15, 0.2) is 0 Å². The van der Waals surface area contributed by atoms with Crippen molar-refractivity contribution in [2.75, 3.05) is 0 Å². The first-order chi connectivity index (χ1) is 8.72. The van der Waals surface area contributed by atoms with Crippen molar-refractivity contribution in [1.82, 2.24) is 20.7 Å². The van der Waals surface area contributed by atoms with Gasteiger partial charge < -0.3 is 0 Å². The molecule has 2 aromatic rings. The molecule has 2 N–H and O–H groups in total. The van der Waals surface area contributed by atoms with Crippen LogP contribution in [0.2, 0.25) is 0 Å². The molecule has 8 heteroatoms. The van der Waals surface area contributed by atoms with E-state index in [9.17, 15) is 4.79 Å². The Morgan fingerprint density at radius 3 is 2.89 bits per heavy atom. The minimum atomic E-state index is -0.639. The predicted molar refractivity (Wildman–Crippen MR) is 67.3 cm³/mol. The van der Waals surface area contributed by atoms with Crippen LogP contribution in [0.5, 0.6) is 0 Å². The van der Waals surface area contributed by atoms with E-state index in [1.807, 2.05) is 6.07 Å². The number of carbonyl (C=O) groups is 1. The normalized spacial score (nSPS) is 10.1. The highest BCUT2D eigenvalue weighted by molar-refractivity contribution is 9.10. The van der Waals surface area contributed by atoms with E-state index in [0.29, 0.717) is 10.1 Å². The van der Waals surface area contributed by atoms with Crippen LogP contribution in [-0.2, 0) is 0 Å². The first-order valence-electron chi connectivity index (χ1n) is 4.77. The number of halogens is 1. The zero-order chi connectivity index (χ0) is 13.0. The summed E-state index contributed by atoms with van der Waals surface area (Å²) in [5.41, 5.74) is 1.80. The van der Waals surface area contributed by atoms with Gasteiger partial charge in [-0.25, -0.2) is 10.5 Å². The van der Waals surface area contributed by atoms with Gasteiger partial charge in [0.2, 0.25) is 0 Å². The van der Waals surface area contributed by atoms with Crippen LogP contribution in [0.1, 0.15) is 10.4 Å². The number of hydrogen-bond donors (Lipinski definition) is 2. The Morgan fingerprint density at radius 1 is 1.33 bits per heavy atom. The topological polar surface area (TPSA) is 88.0 Å². The third-order valence-electron chi connectivity index (χ3n) is 1.95. The molecule has 0 radical (unpaired) electrons. The minimum absolute atomic E-state index is 0.232. The first kappa shape index (κ1) is 12.9. The van der Waals surface area contributed by atoms with Crippen molar-refractivity contribution in [2.45, 2.75) is 10.1 Å². The van der Waals surface area contributed by atoms with Gasteiger partial charge in [0.05, 0.1) is 16.2 Å². The monoisotopic (exact) mass is 326 g/mol. The fourth-order valence-corrected chi connectivity index (χ4v) is 2.48. The molecule has 2 heterocycles. The number of carbonyl (C=O) groups excluding carboxylic acids is 1. The quantitative estimate of drug-likeness (QED) is 0.661. The summed E-state index contributed by atoms with van der Waals surface area (Å²) in [5, 5.41) is 17.2. The average Bonchev–Trinajstić information content (AvgIpc) is 2.41. The van der Waals surface area contributed by atoms with Gasteiger partial charge in [0.1, 0.15) is 10.1 Å². The molecule has 0 aliphatic heterocycles. The molecule has 0 spiro atoms. The van der Waals surface area contributed by atoms with E-state index in [-0.39, 0.29) is 5.56 Å². The summed E-state index contributed by atoms with van der Waals surface area (Å²) >= 11 is 4.53. The summed E-state index contributed by atoms with van der Waals surface area (Å²) < 4.78 is 0.788. The molecule has 18 heavy (non-hydrogen) atoms. The van der Waals surface area contributed by atoms with Gasteiger partial charge >= 0.3 is 0 Å². The molecule has 6 nitrogen and oxygen atoms in total. The summed E-state index contributed by atoms with van der Waals surface area (Å²) in [6.07, 6.45) is 3.01. The smallest absolute Gasteiger partial charge is 0.277 e. The standard InChI is InChI=1S/C10H7BrN4O2S/c11-7-2-1-4-12-10(7)18-9-6(8(16)15-17)3-5-13-14-9/h1-5,17H,(H,15,16).